The van der Waals surface area contributed by atoms with E-state index in [-0.39, 0.29) is 30.2 Å². The molecule has 0 bridgehead atoms. The minimum atomic E-state index is -4.41. The van der Waals surface area contributed by atoms with Crippen molar-refractivity contribution in [1.82, 2.24) is 4.90 Å². The first-order chi connectivity index (χ1) is 14.7. The average Bonchev–Trinajstić information content (AvgIpc) is 2.85. The zero-order valence-electron chi connectivity index (χ0n) is 16.8. The maximum absolute atomic E-state index is 13.3. The van der Waals surface area contributed by atoms with Gasteiger partial charge in [-0.3, -0.25) is 9.59 Å². The Hall–Kier alpha value is -3.35. The third-order valence-corrected chi connectivity index (χ3v) is 5.68. The molecule has 4 rings (SSSR count). The van der Waals surface area contributed by atoms with Gasteiger partial charge in [0.05, 0.1) is 16.8 Å². The molecule has 0 fully saturated rings. The summed E-state index contributed by atoms with van der Waals surface area (Å²) in [5, 5.41) is 2.76. The van der Waals surface area contributed by atoms with Crippen LogP contribution >= 0.6 is 0 Å². The number of alkyl halides is 3. The number of benzene rings is 2. The van der Waals surface area contributed by atoms with E-state index < -0.39 is 11.7 Å². The molecule has 0 saturated carbocycles. The highest BCUT2D eigenvalue weighted by atomic mass is 19.4. The summed E-state index contributed by atoms with van der Waals surface area (Å²) in [5.41, 5.74) is 1.15. The maximum Gasteiger partial charge on any atom is 0.416 e. The number of carbonyl (C=O) groups excluding carboxylic acids is 2. The van der Waals surface area contributed by atoms with E-state index in [1.807, 2.05) is 18.2 Å². The molecule has 1 N–H and O–H groups in total. The number of halogens is 3. The first kappa shape index (κ1) is 20.9. The molecule has 2 atom stereocenters. The number of hydrogen-bond acceptors (Lipinski definition) is 2. The minimum absolute atomic E-state index is 0.0517. The molecule has 2 amide bonds. The molecule has 0 spiro atoms. The lowest BCUT2D eigenvalue weighted by molar-refractivity contribution is -0.137. The lowest BCUT2D eigenvalue weighted by Gasteiger charge is -2.28. The lowest BCUT2D eigenvalue weighted by Crippen LogP contribution is -2.39. The smallest absolute Gasteiger partial charge is 0.329 e. The van der Waals surface area contributed by atoms with Crippen LogP contribution in [0.1, 0.15) is 22.8 Å². The zero-order chi connectivity index (χ0) is 22.2. The third-order valence-electron chi connectivity index (χ3n) is 5.68. The van der Waals surface area contributed by atoms with Gasteiger partial charge in [0.15, 0.2) is 0 Å². The maximum atomic E-state index is 13.3. The Balaban J connectivity index is 1.64. The minimum Gasteiger partial charge on any atom is -0.329 e. The van der Waals surface area contributed by atoms with E-state index >= 15 is 0 Å². The van der Waals surface area contributed by atoms with Gasteiger partial charge in [-0.1, -0.05) is 49.4 Å². The van der Waals surface area contributed by atoms with Crippen molar-refractivity contribution < 1.29 is 22.8 Å². The van der Waals surface area contributed by atoms with Crippen LogP contribution in [0, 0.1) is 11.8 Å². The molecule has 7 heteroatoms. The highest BCUT2D eigenvalue weighted by molar-refractivity contribution is 6.09. The second-order valence-electron chi connectivity index (χ2n) is 7.86. The fourth-order valence-corrected chi connectivity index (χ4v) is 3.86. The molecule has 160 valence electrons. The van der Waals surface area contributed by atoms with Gasteiger partial charge < -0.3 is 10.2 Å². The number of fused-ring (bicyclic) bond motifs is 1. The molecule has 2 unspecified atom stereocenters. The van der Waals surface area contributed by atoms with Crippen molar-refractivity contribution in [2.75, 3.05) is 18.4 Å². The van der Waals surface area contributed by atoms with Gasteiger partial charge in [-0.15, -0.1) is 0 Å². The van der Waals surface area contributed by atoms with Crippen molar-refractivity contribution in [2.45, 2.75) is 13.1 Å². The van der Waals surface area contributed by atoms with Gasteiger partial charge in [-0.25, -0.2) is 0 Å². The summed E-state index contributed by atoms with van der Waals surface area (Å²) in [6, 6.07) is 9.71. The number of nitrogens with zero attached hydrogens (tertiary/aromatic N) is 1. The van der Waals surface area contributed by atoms with Gasteiger partial charge >= 0.3 is 6.18 Å². The first-order valence-corrected chi connectivity index (χ1v) is 9.98. The summed E-state index contributed by atoms with van der Waals surface area (Å²) >= 11 is 0. The highest BCUT2D eigenvalue weighted by Crippen LogP contribution is 2.33. The van der Waals surface area contributed by atoms with E-state index in [9.17, 15) is 22.8 Å². The quantitative estimate of drug-likeness (QED) is 0.739. The normalized spacial score (nSPS) is 21.0. The van der Waals surface area contributed by atoms with Gasteiger partial charge in [-0.05, 0) is 41.3 Å². The van der Waals surface area contributed by atoms with Gasteiger partial charge in [-0.2, -0.15) is 13.2 Å². The van der Waals surface area contributed by atoms with Crippen molar-refractivity contribution in [1.29, 1.82) is 0 Å². The van der Waals surface area contributed by atoms with Crippen molar-refractivity contribution in [3.8, 4) is 11.1 Å². The van der Waals surface area contributed by atoms with Crippen LogP contribution in [0.15, 0.2) is 66.8 Å². The predicted molar refractivity (Wildman–Crippen MR) is 112 cm³/mol. The summed E-state index contributed by atoms with van der Waals surface area (Å²) in [6.07, 6.45) is 3.57. The van der Waals surface area contributed by atoms with E-state index in [0.29, 0.717) is 28.9 Å². The summed E-state index contributed by atoms with van der Waals surface area (Å²) in [5.74, 6) is -0.224. The Morgan fingerprint density at radius 1 is 1.00 bits per heavy atom. The summed E-state index contributed by atoms with van der Waals surface area (Å²) in [4.78, 5) is 27.2. The summed E-state index contributed by atoms with van der Waals surface area (Å²) in [6.45, 7) is 2.41. The number of hydrogen-bond donors (Lipinski definition) is 1. The average molecular weight is 426 g/mol. The number of nitrogens with one attached hydrogen (secondary N) is 1. The van der Waals surface area contributed by atoms with Crippen LogP contribution in [0.3, 0.4) is 0 Å². The van der Waals surface area contributed by atoms with E-state index in [1.54, 1.807) is 18.2 Å². The van der Waals surface area contributed by atoms with Crippen molar-refractivity contribution in [3.63, 3.8) is 0 Å². The molecule has 1 heterocycles. The fraction of sp³-hybridized carbons (Fsp3) is 0.250. The van der Waals surface area contributed by atoms with Crippen molar-refractivity contribution in [2.24, 2.45) is 11.8 Å². The number of amides is 2. The molecule has 1 aliphatic heterocycles. The molecule has 2 aliphatic rings. The highest BCUT2D eigenvalue weighted by Gasteiger charge is 2.31. The van der Waals surface area contributed by atoms with Gasteiger partial charge in [0, 0.05) is 12.5 Å². The van der Waals surface area contributed by atoms with Crippen LogP contribution in [0.2, 0.25) is 0 Å². The molecular weight excluding hydrogens is 405 g/mol. The molecule has 2 aromatic carbocycles. The molecule has 0 radical (unpaired) electrons. The molecule has 2 aromatic rings. The standard InChI is InChI=1S/C24H21F3N2O2/c1-15-4-2-3-5-18(15)13-29-14-22(30)28-21-11-8-17(12-20(21)23(29)31)16-6-9-19(10-7-16)24(25,26)27/h2-12,15,18H,13-14H2,1H3,(H,28,30). The number of rotatable bonds is 3. The molecule has 31 heavy (non-hydrogen) atoms. The van der Waals surface area contributed by atoms with Gasteiger partial charge in [0.1, 0.15) is 6.54 Å². The molecule has 0 aromatic heterocycles. The largest absolute Gasteiger partial charge is 0.416 e. The van der Waals surface area contributed by atoms with E-state index in [0.717, 1.165) is 12.1 Å². The fourth-order valence-electron chi connectivity index (χ4n) is 3.86. The Morgan fingerprint density at radius 2 is 1.68 bits per heavy atom. The molecule has 0 saturated heterocycles. The van der Waals surface area contributed by atoms with Crippen LogP contribution in [0.25, 0.3) is 11.1 Å². The Kier molecular flexibility index (Phi) is 5.43. The van der Waals surface area contributed by atoms with E-state index in [1.165, 1.54) is 17.0 Å². The van der Waals surface area contributed by atoms with Crippen LogP contribution in [0.4, 0.5) is 18.9 Å². The second kappa shape index (κ2) is 8.06. The van der Waals surface area contributed by atoms with Crippen molar-refractivity contribution >= 4 is 17.5 Å². The van der Waals surface area contributed by atoms with Gasteiger partial charge in [0.2, 0.25) is 5.91 Å². The van der Waals surface area contributed by atoms with Gasteiger partial charge in [0.25, 0.3) is 5.91 Å². The van der Waals surface area contributed by atoms with Crippen LogP contribution < -0.4 is 5.32 Å². The SMILES string of the molecule is CC1C=CC=CC1CN1CC(=O)Nc2ccc(-c3ccc(C(F)(F)F)cc3)cc2C1=O. The van der Waals surface area contributed by atoms with E-state index in [4.69, 9.17) is 0 Å². The summed E-state index contributed by atoms with van der Waals surface area (Å²) in [7, 11) is 0. The monoisotopic (exact) mass is 426 g/mol. The van der Waals surface area contributed by atoms with Crippen molar-refractivity contribution in [3.05, 3.63) is 77.9 Å². The molecule has 1 aliphatic carbocycles. The Labute approximate surface area is 178 Å². The predicted octanol–water partition coefficient (Wildman–Crippen LogP) is 5.15. The first-order valence-electron chi connectivity index (χ1n) is 9.98. The lowest BCUT2D eigenvalue weighted by atomic mass is 9.89. The topological polar surface area (TPSA) is 49.4 Å². The van der Waals surface area contributed by atoms with Crippen LogP contribution in [0.5, 0.6) is 0 Å². The molecule has 4 nitrogen and oxygen atoms in total. The Bertz CT molecular complexity index is 1070. The number of carbonyl (C=O) groups is 2. The Morgan fingerprint density at radius 3 is 2.35 bits per heavy atom. The second-order valence-corrected chi connectivity index (χ2v) is 7.86. The van der Waals surface area contributed by atoms with E-state index in [2.05, 4.69) is 18.3 Å². The summed E-state index contributed by atoms with van der Waals surface area (Å²) < 4.78 is 38.5. The number of anilines is 1. The van der Waals surface area contributed by atoms with Crippen LogP contribution in [-0.4, -0.2) is 29.8 Å². The number of allylic oxidation sites excluding steroid dienone is 3. The zero-order valence-corrected chi connectivity index (χ0v) is 16.8. The molecular formula is C24H21F3N2O2. The third kappa shape index (κ3) is 4.40. The van der Waals surface area contributed by atoms with Crippen LogP contribution in [-0.2, 0) is 11.0 Å².